The molecule has 0 unspecified atom stereocenters. The van der Waals surface area contributed by atoms with Crippen molar-refractivity contribution in [1.82, 2.24) is 5.32 Å². The van der Waals surface area contributed by atoms with Crippen molar-refractivity contribution in [2.24, 2.45) is 0 Å². The minimum atomic E-state index is -3.21. The second kappa shape index (κ2) is 5.71. The maximum atomic E-state index is 11.4. The van der Waals surface area contributed by atoms with Crippen LogP contribution in [-0.2, 0) is 21.1 Å². The van der Waals surface area contributed by atoms with Gasteiger partial charge >= 0.3 is 0 Å². The lowest BCUT2D eigenvalue weighted by Crippen LogP contribution is -2.30. The molecule has 0 aromatic heterocycles. The Kier molecular flexibility index (Phi) is 4.80. The summed E-state index contributed by atoms with van der Waals surface area (Å²) in [5.41, 5.74) is 0.672. The highest BCUT2D eigenvalue weighted by Gasteiger charge is 2.08. The number of carbonyl (C=O) groups excluding carboxylic acids is 1. The van der Waals surface area contributed by atoms with Gasteiger partial charge < -0.3 is 5.32 Å². The third-order valence-corrected chi connectivity index (χ3v) is 3.29. The molecule has 0 aliphatic rings. The molecule has 0 fully saturated rings. The molecule has 7 heteroatoms. The largest absolute Gasteiger partial charge is 0.342 e. The quantitative estimate of drug-likeness (QED) is 0.919. The summed E-state index contributed by atoms with van der Waals surface area (Å²) in [5.74, 6) is -0.749. The fourth-order valence-electron chi connectivity index (χ4n) is 1.11. The maximum Gasteiger partial charge on any atom is 0.225 e. The van der Waals surface area contributed by atoms with Gasteiger partial charge in [0.25, 0.3) is 0 Å². The zero-order chi connectivity index (χ0) is 13.1. The second-order valence-electron chi connectivity index (χ2n) is 3.60. The van der Waals surface area contributed by atoms with Crippen LogP contribution in [0.15, 0.2) is 18.2 Å². The Morgan fingerprint density at radius 1 is 1.29 bits per heavy atom. The Morgan fingerprint density at radius 3 is 2.47 bits per heavy atom. The van der Waals surface area contributed by atoms with Crippen molar-refractivity contribution in [3.63, 3.8) is 0 Å². The monoisotopic (exact) mass is 295 g/mol. The first-order valence-electron chi connectivity index (χ1n) is 4.66. The van der Waals surface area contributed by atoms with Crippen molar-refractivity contribution in [3.05, 3.63) is 33.8 Å². The van der Waals surface area contributed by atoms with Gasteiger partial charge in [-0.05, 0) is 17.7 Å². The average Bonchev–Trinajstić information content (AvgIpc) is 2.20. The molecule has 0 radical (unpaired) electrons. The number of carbonyl (C=O) groups is 1. The van der Waals surface area contributed by atoms with Crippen molar-refractivity contribution in [1.29, 1.82) is 0 Å². The molecule has 0 spiro atoms. The molecule has 0 saturated heterocycles. The van der Waals surface area contributed by atoms with Gasteiger partial charge in [-0.15, -0.1) is 0 Å². The van der Waals surface area contributed by atoms with E-state index in [0.29, 0.717) is 15.6 Å². The first-order valence-corrected chi connectivity index (χ1v) is 7.48. The Morgan fingerprint density at radius 2 is 1.94 bits per heavy atom. The summed E-state index contributed by atoms with van der Waals surface area (Å²) < 4.78 is 21.7. The molecule has 1 amide bonds. The van der Waals surface area contributed by atoms with Gasteiger partial charge in [0.05, 0.1) is 16.5 Å². The normalized spacial score (nSPS) is 11.2. The van der Waals surface area contributed by atoms with Gasteiger partial charge in [-0.1, -0.05) is 29.3 Å². The van der Waals surface area contributed by atoms with Crippen LogP contribution >= 0.6 is 23.2 Å². The number of hydrogen-bond donors (Lipinski definition) is 1. The van der Waals surface area contributed by atoms with Crippen LogP contribution in [0.4, 0.5) is 0 Å². The van der Waals surface area contributed by atoms with E-state index in [-0.39, 0.29) is 18.2 Å². The van der Waals surface area contributed by atoms with Crippen molar-refractivity contribution >= 4 is 38.9 Å². The number of amides is 1. The van der Waals surface area contributed by atoms with Gasteiger partial charge in [-0.2, -0.15) is 0 Å². The van der Waals surface area contributed by atoms with E-state index >= 15 is 0 Å². The maximum absolute atomic E-state index is 11.4. The number of rotatable bonds is 4. The Labute approximate surface area is 110 Å². The number of halogens is 2. The molecule has 0 saturated carbocycles. The summed E-state index contributed by atoms with van der Waals surface area (Å²) in [4.78, 5) is 11.4. The fraction of sp³-hybridized carbons (Fsp3) is 0.300. The SMILES string of the molecule is CS(=O)(=O)CNC(=O)Cc1ccc(Cl)c(Cl)c1. The minimum Gasteiger partial charge on any atom is -0.342 e. The summed E-state index contributed by atoms with van der Waals surface area (Å²) in [5, 5.41) is 3.07. The van der Waals surface area contributed by atoms with Crippen molar-refractivity contribution < 1.29 is 13.2 Å². The molecule has 0 aliphatic heterocycles. The third kappa shape index (κ3) is 5.39. The average molecular weight is 296 g/mol. The Hall–Kier alpha value is -0.780. The molecule has 17 heavy (non-hydrogen) atoms. The molecule has 94 valence electrons. The Bertz CT molecular complexity index is 528. The summed E-state index contributed by atoms with van der Waals surface area (Å²) in [6, 6.07) is 4.82. The van der Waals surface area contributed by atoms with E-state index in [1.54, 1.807) is 18.2 Å². The second-order valence-corrected chi connectivity index (χ2v) is 6.55. The first kappa shape index (κ1) is 14.3. The molecule has 1 aromatic rings. The minimum absolute atomic E-state index is 0.0619. The molecule has 0 bridgehead atoms. The molecule has 0 heterocycles. The zero-order valence-corrected chi connectivity index (χ0v) is 11.4. The lowest BCUT2D eigenvalue weighted by atomic mass is 10.1. The zero-order valence-electron chi connectivity index (χ0n) is 9.04. The van der Waals surface area contributed by atoms with E-state index < -0.39 is 9.84 Å². The van der Waals surface area contributed by atoms with Crippen LogP contribution in [0.1, 0.15) is 5.56 Å². The van der Waals surface area contributed by atoms with Crippen LogP contribution in [0.25, 0.3) is 0 Å². The van der Waals surface area contributed by atoms with Crippen molar-refractivity contribution in [2.75, 3.05) is 12.1 Å². The van der Waals surface area contributed by atoms with E-state index in [2.05, 4.69) is 5.32 Å². The number of nitrogens with one attached hydrogen (secondary N) is 1. The Balaban J connectivity index is 2.59. The number of sulfone groups is 1. The van der Waals surface area contributed by atoms with Gasteiger partial charge in [-0.25, -0.2) is 8.42 Å². The lowest BCUT2D eigenvalue weighted by Gasteiger charge is -2.05. The lowest BCUT2D eigenvalue weighted by molar-refractivity contribution is -0.120. The number of hydrogen-bond acceptors (Lipinski definition) is 3. The van der Waals surface area contributed by atoms with Gasteiger partial charge in [0.15, 0.2) is 9.84 Å². The summed E-state index contributed by atoms with van der Waals surface area (Å²) in [7, 11) is -3.21. The van der Waals surface area contributed by atoms with Gasteiger partial charge in [0, 0.05) is 6.26 Å². The predicted octanol–water partition coefficient (Wildman–Crippen LogP) is 1.65. The molecule has 4 nitrogen and oxygen atoms in total. The van der Waals surface area contributed by atoms with Gasteiger partial charge in [0.1, 0.15) is 5.88 Å². The summed E-state index contributed by atoms with van der Waals surface area (Å²) in [6.07, 6.45) is 1.11. The molecule has 1 aromatic carbocycles. The van der Waals surface area contributed by atoms with Crippen molar-refractivity contribution in [2.45, 2.75) is 6.42 Å². The van der Waals surface area contributed by atoms with Crippen LogP contribution in [0.2, 0.25) is 10.0 Å². The van der Waals surface area contributed by atoms with Crippen LogP contribution in [-0.4, -0.2) is 26.5 Å². The molecular weight excluding hydrogens is 285 g/mol. The highest BCUT2D eigenvalue weighted by Crippen LogP contribution is 2.22. The van der Waals surface area contributed by atoms with E-state index in [1.165, 1.54) is 0 Å². The van der Waals surface area contributed by atoms with Crippen molar-refractivity contribution in [3.8, 4) is 0 Å². The van der Waals surface area contributed by atoms with E-state index in [9.17, 15) is 13.2 Å². The standard InChI is InChI=1S/C10H11Cl2NO3S/c1-17(15,16)6-13-10(14)5-7-2-3-8(11)9(12)4-7/h2-4H,5-6H2,1H3,(H,13,14). The van der Waals surface area contributed by atoms with E-state index in [0.717, 1.165) is 6.26 Å². The van der Waals surface area contributed by atoms with E-state index in [1.807, 2.05) is 0 Å². The molecule has 0 aliphatic carbocycles. The first-order chi connectivity index (χ1) is 7.78. The summed E-state index contributed by atoms with van der Waals surface area (Å²) in [6.45, 7) is 0. The van der Waals surface area contributed by atoms with Crippen LogP contribution in [0.3, 0.4) is 0 Å². The van der Waals surface area contributed by atoms with Crippen LogP contribution < -0.4 is 5.32 Å². The van der Waals surface area contributed by atoms with Crippen LogP contribution in [0.5, 0.6) is 0 Å². The number of benzene rings is 1. The van der Waals surface area contributed by atoms with E-state index in [4.69, 9.17) is 23.2 Å². The van der Waals surface area contributed by atoms with Gasteiger partial charge in [-0.3, -0.25) is 4.79 Å². The fourth-order valence-corrected chi connectivity index (χ4v) is 1.85. The molecule has 1 N–H and O–H groups in total. The molecule has 1 rings (SSSR count). The van der Waals surface area contributed by atoms with Crippen LogP contribution in [0, 0.1) is 0 Å². The van der Waals surface area contributed by atoms with Gasteiger partial charge in [0.2, 0.25) is 5.91 Å². The third-order valence-electron chi connectivity index (χ3n) is 1.88. The molecular formula is C10H11Cl2NO3S. The topological polar surface area (TPSA) is 63.2 Å². The highest BCUT2D eigenvalue weighted by molar-refractivity contribution is 7.90. The summed E-state index contributed by atoms with van der Waals surface area (Å²) >= 11 is 11.5. The molecule has 0 atom stereocenters. The highest BCUT2D eigenvalue weighted by atomic mass is 35.5. The smallest absolute Gasteiger partial charge is 0.225 e. The predicted molar refractivity (Wildman–Crippen MR) is 68.0 cm³/mol.